The number of amides is 1. The van der Waals surface area contributed by atoms with Crippen LogP contribution in [-0.2, 0) is 14.3 Å². The molecular weight excluding hydrogens is 1100 g/mol. The van der Waals surface area contributed by atoms with Gasteiger partial charge in [-0.15, -0.1) is 0 Å². The minimum atomic E-state index is -0.664. The molecule has 0 spiro atoms. The topological polar surface area (TPSA) is 95.9 Å². The molecule has 6 nitrogen and oxygen atoms in total. The van der Waals surface area contributed by atoms with Gasteiger partial charge in [0.25, 0.3) is 0 Å². The van der Waals surface area contributed by atoms with E-state index in [1.165, 1.54) is 398 Å². The van der Waals surface area contributed by atoms with Gasteiger partial charge in [0.15, 0.2) is 0 Å². The number of carbonyl (C=O) groups is 2. The first-order valence-electron chi connectivity index (χ1n) is 41.6. The SMILES string of the molecule is CCCCCCCCCCCCCCCCCCCCCCCCCC(O)C(CO)NC(=O)CCCCCCCCCCCCCCCCCCC/C=C\C/C=C\CCCCCCCCCCCOC(=O)CCCCCCCCCCCCCCCCCCC. The van der Waals surface area contributed by atoms with Crippen molar-refractivity contribution in [2.45, 2.75) is 488 Å². The number of nitrogens with one attached hydrogen (secondary N) is 1. The molecule has 0 aromatic rings. The van der Waals surface area contributed by atoms with Crippen molar-refractivity contribution < 1.29 is 24.5 Å². The summed E-state index contributed by atoms with van der Waals surface area (Å²) in [5, 5.41) is 23.5. The van der Waals surface area contributed by atoms with Crippen LogP contribution in [0.2, 0.25) is 0 Å². The zero-order chi connectivity index (χ0) is 64.9. The van der Waals surface area contributed by atoms with Gasteiger partial charge < -0.3 is 20.3 Å². The highest BCUT2D eigenvalue weighted by Crippen LogP contribution is 2.20. The van der Waals surface area contributed by atoms with E-state index in [4.69, 9.17) is 4.74 Å². The van der Waals surface area contributed by atoms with Gasteiger partial charge in [-0.2, -0.15) is 0 Å². The second-order valence-electron chi connectivity index (χ2n) is 28.8. The van der Waals surface area contributed by atoms with Crippen LogP contribution in [0.5, 0.6) is 0 Å². The Labute approximate surface area is 564 Å². The van der Waals surface area contributed by atoms with Crippen LogP contribution >= 0.6 is 0 Å². The number of hydrogen-bond donors (Lipinski definition) is 3. The van der Waals surface area contributed by atoms with Crippen LogP contribution in [0.15, 0.2) is 24.3 Å². The molecule has 1 amide bonds. The Hall–Kier alpha value is -1.66. The molecule has 0 aliphatic heterocycles. The number of hydrogen-bond acceptors (Lipinski definition) is 5. The number of ether oxygens (including phenoxy) is 1. The molecule has 0 aliphatic rings. The van der Waals surface area contributed by atoms with Gasteiger partial charge in [-0.1, -0.05) is 430 Å². The molecule has 2 unspecified atom stereocenters. The fraction of sp³-hybridized carbons (Fsp3) is 0.929. The fourth-order valence-corrected chi connectivity index (χ4v) is 13.4. The van der Waals surface area contributed by atoms with Crippen molar-refractivity contribution in [1.29, 1.82) is 0 Å². The van der Waals surface area contributed by atoms with Gasteiger partial charge in [0.2, 0.25) is 5.91 Å². The Bertz CT molecular complexity index is 1410. The first kappa shape index (κ1) is 88.3. The van der Waals surface area contributed by atoms with Gasteiger partial charge in [-0.05, 0) is 57.8 Å². The van der Waals surface area contributed by atoms with Crippen LogP contribution < -0.4 is 5.32 Å². The van der Waals surface area contributed by atoms with Crippen molar-refractivity contribution in [3.05, 3.63) is 24.3 Å². The molecule has 3 N–H and O–H groups in total. The minimum Gasteiger partial charge on any atom is -0.466 e. The molecule has 534 valence electrons. The van der Waals surface area contributed by atoms with E-state index in [1.54, 1.807) is 0 Å². The van der Waals surface area contributed by atoms with Crippen molar-refractivity contribution in [3.8, 4) is 0 Å². The van der Waals surface area contributed by atoms with E-state index < -0.39 is 12.1 Å². The van der Waals surface area contributed by atoms with E-state index in [0.29, 0.717) is 25.9 Å². The number of unbranched alkanes of at least 4 members (excludes halogenated alkanes) is 64. The number of allylic oxidation sites excluding steroid dienone is 4. The quantitative estimate of drug-likeness (QED) is 0.0320. The molecular formula is C84H163NO5. The standard InChI is InChI=1S/C84H163NO5/c1-3-5-7-9-11-13-15-17-19-21-22-23-35-38-41-45-48-52-56-60-64-68-72-76-82(87)81(80-86)85-83(88)77-73-69-65-61-57-53-49-46-42-39-36-33-31-29-27-25-24-26-28-30-32-34-37-40-43-47-51-55-59-63-67-71-75-79-90-84(89)78-74-70-66-62-58-54-50-44-20-18-16-14-12-10-8-6-4-2/h28,30,34,37,81-82,86-87H,3-27,29,31-33,35-36,38-80H2,1-2H3,(H,85,88)/b30-28-,37-34-. The summed E-state index contributed by atoms with van der Waals surface area (Å²) in [7, 11) is 0. The van der Waals surface area contributed by atoms with Crippen molar-refractivity contribution in [1.82, 2.24) is 5.32 Å². The van der Waals surface area contributed by atoms with E-state index in [0.717, 1.165) is 44.9 Å². The summed E-state index contributed by atoms with van der Waals surface area (Å²) in [6, 6.07) is -0.541. The summed E-state index contributed by atoms with van der Waals surface area (Å²) in [6.45, 7) is 5.01. The van der Waals surface area contributed by atoms with E-state index in [1.807, 2.05) is 0 Å². The lowest BCUT2D eigenvalue weighted by atomic mass is 10.0. The molecule has 0 rings (SSSR count). The first-order chi connectivity index (χ1) is 44.5. The Kier molecular flexibility index (Phi) is 78.3. The summed E-state index contributed by atoms with van der Waals surface area (Å²) in [6.07, 6.45) is 103. The van der Waals surface area contributed by atoms with Gasteiger partial charge in [-0.25, -0.2) is 0 Å². The summed E-state index contributed by atoms with van der Waals surface area (Å²) in [5.41, 5.74) is 0. The lowest BCUT2D eigenvalue weighted by molar-refractivity contribution is -0.143. The van der Waals surface area contributed by atoms with Crippen LogP contribution in [-0.4, -0.2) is 47.4 Å². The normalized spacial score (nSPS) is 12.5. The average molecular weight is 1270 g/mol. The Balaban J connectivity index is 3.37. The fourth-order valence-electron chi connectivity index (χ4n) is 13.4. The van der Waals surface area contributed by atoms with Crippen molar-refractivity contribution >= 4 is 11.9 Å². The maximum Gasteiger partial charge on any atom is 0.305 e. The number of esters is 1. The van der Waals surface area contributed by atoms with E-state index in [9.17, 15) is 19.8 Å². The highest BCUT2D eigenvalue weighted by molar-refractivity contribution is 5.76. The van der Waals surface area contributed by atoms with E-state index >= 15 is 0 Å². The molecule has 0 aromatic heterocycles. The maximum atomic E-state index is 12.6. The Morgan fingerprint density at radius 2 is 0.556 bits per heavy atom. The molecule has 0 saturated heterocycles. The summed E-state index contributed by atoms with van der Waals surface area (Å²) in [4.78, 5) is 24.7. The number of aliphatic hydroxyl groups is 2. The number of rotatable bonds is 79. The summed E-state index contributed by atoms with van der Waals surface area (Å²) in [5.74, 6) is -0.00784. The van der Waals surface area contributed by atoms with Crippen LogP contribution in [0.3, 0.4) is 0 Å². The molecule has 0 bridgehead atoms. The van der Waals surface area contributed by atoms with Crippen LogP contribution in [0.1, 0.15) is 476 Å². The Morgan fingerprint density at radius 3 is 0.844 bits per heavy atom. The summed E-state index contributed by atoms with van der Waals surface area (Å²) >= 11 is 0. The van der Waals surface area contributed by atoms with Crippen LogP contribution in [0.4, 0.5) is 0 Å². The van der Waals surface area contributed by atoms with E-state index in [-0.39, 0.29) is 18.5 Å². The van der Waals surface area contributed by atoms with Crippen molar-refractivity contribution in [3.63, 3.8) is 0 Å². The second kappa shape index (κ2) is 79.8. The largest absolute Gasteiger partial charge is 0.466 e. The van der Waals surface area contributed by atoms with Gasteiger partial charge >= 0.3 is 5.97 Å². The zero-order valence-corrected chi connectivity index (χ0v) is 61.4. The van der Waals surface area contributed by atoms with Crippen LogP contribution in [0.25, 0.3) is 0 Å². The predicted octanol–water partition coefficient (Wildman–Crippen LogP) is 27.6. The number of aliphatic hydroxyl groups excluding tert-OH is 2. The lowest BCUT2D eigenvalue weighted by Crippen LogP contribution is -2.45. The smallest absolute Gasteiger partial charge is 0.305 e. The predicted molar refractivity (Wildman–Crippen MR) is 398 cm³/mol. The molecule has 90 heavy (non-hydrogen) atoms. The highest BCUT2D eigenvalue weighted by atomic mass is 16.5. The third-order valence-electron chi connectivity index (χ3n) is 19.8. The molecule has 0 saturated carbocycles. The molecule has 6 heteroatoms. The molecule has 0 heterocycles. The summed E-state index contributed by atoms with van der Waals surface area (Å²) < 4.78 is 5.51. The first-order valence-corrected chi connectivity index (χ1v) is 41.6. The third-order valence-corrected chi connectivity index (χ3v) is 19.8. The van der Waals surface area contributed by atoms with Gasteiger partial charge in [0, 0.05) is 12.8 Å². The maximum absolute atomic E-state index is 12.6. The number of carbonyl (C=O) groups excluding carboxylic acids is 2. The average Bonchev–Trinajstić information content (AvgIpc) is 3.69. The molecule has 0 fully saturated rings. The Morgan fingerprint density at radius 1 is 0.311 bits per heavy atom. The lowest BCUT2D eigenvalue weighted by Gasteiger charge is -2.22. The van der Waals surface area contributed by atoms with Gasteiger partial charge in [0.1, 0.15) is 0 Å². The van der Waals surface area contributed by atoms with Crippen molar-refractivity contribution in [2.24, 2.45) is 0 Å². The molecule has 2 atom stereocenters. The minimum absolute atomic E-state index is 0.0194. The molecule has 0 aliphatic carbocycles. The highest BCUT2D eigenvalue weighted by Gasteiger charge is 2.20. The second-order valence-corrected chi connectivity index (χ2v) is 28.8. The third kappa shape index (κ3) is 75.4. The zero-order valence-electron chi connectivity index (χ0n) is 61.4. The van der Waals surface area contributed by atoms with Crippen LogP contribution in [0, 0.1) is 0 Å². The van der Waals surface area contributed by atoms with Gasteiger partial charge in [-0.3, -0.25) is 9.59 Å². The van der Waals surface area contributed by atoms with Gasteiger partial charge in [0.05, 0.1) is 25.4 Å². The molecule has 0 radical (unpaired) electrons. The molecule has 0 aromatic carbocycles. The monoisotopic (exact) mass is 1270 g/mol. The van der Waals surface area contributed by atoms with Crippen molar-refractivity contribution in [2.75, 3.05) is 13.2 Å². The van der Waals surface area contributed by atoms with E-state index in [2.05, 4.69) is 43.5 Å².